The number of nitrogens with two attached hydrogens (primary N) is 1. The molecule has 1 heterocycles. The zero-order valence-electron chi connectivity index (χ0n) is 10.0. The Bertz CT molecular complexity index is 499. The molecule has 2 rings (SSSR count). The van der Waals surface area contributed by atoms with E-state index in [1.54, 1.807) is 6.33 Å². The van der Waals surface area contributed by atoms with Crippen LogP contribution in [0.4, 0.5) is 4.39 Å². The first-order chi connectivity index (χ1) is 8.10. The zero-order valence-corrected chi connectivity index (χ0v) is 10.0. The van der Waals surface area contributed by atoms with E-state index in [-0.39, 0.29) is 11.9 Å². The van der Waals surface area contributed by atoms with E-state index in [0.29, 0.717) is 0 Å². The number of aryl methyl sites for hydroxylation is 2. The summed E-state index contributed by atoms with van der Waals surface area (Å²) in [6.45, 7) is 4.73. The largest absolute Gasteiger partial charge is 0.337 e. The summed E-state index contributed by atoms with van der Waals surface area (Å²) >= 11 is 0. The van der Waals surface area contributed by atoms with Gasteiger partial charge >= 0.3 is 0 Å². The van der Waals surface area contributed by atoms with Crippen molar-refractivity contribution in [2.75, 3.05) is 0 Å². The summed E-state index contributed by atoms with van der Waals surface area (Å²) in [6.07, 6.45) is 3.63. The highest BCUT2D eigenvalue weighted by atomic mass is 19.1. The van der Waals surface area contributed by atoms with E-state index in [0.717, 1.165) is 23.4 Å². The second kappa shape index (κ2) is 4.67. The molecule has 1 atom stereocenters. The first-order valence-corrected chi connectivity index (χ1v) is 5.64. The highest BCUT2D eigenvalue weighted by Gasteiger charge is 2.13. The van der Waals surface area contributed by atoms with E-state index in [4.69, 9.17) is 5.73 Å². The number of hydrogen-bond donors (Lipinski definition) is 1. The van der Waals surface area contributed by atoms with Gasteiger partial charge in [-0.2, -0.15) is 0 Å². The summed E-state index contributed by atoms with van der Waals surface area (Å²) in [5.41, 5.74) is 8.46. The maximum Gasteiger partial charge on any atom is 0.123 e. The normalized spacial score (nSPS) is 12.7. The number of nitrogens with zero attached hydrogens (tertiary/aromatic N) is 2. The van der Waals surface area contributed by atoms with Gasteiger partial charge in [0.25, 0.3) is 0 Å². The van der Waals surface area contributed by atoms with Gasteiger partial charge in [0.1, 0.15) is 5.82 Å². The van der Waals surface area contributed by atoms with E-state index >= 15 is 0 Å². The molecule has 0 aliphatic heterocycles. The lowest BCUT2D eigenvalue weighted by atomic mass is 10.0. The lowest BCUT2D eigenvalue weighted by Gasteiger charge is -2.10. The monoisotopic (exact) mass is 233 g/mol. The second-order valence-corrected chi connectivity index (χ2v) is 4.17. The molecular formula is C13H16FN3. The van der Waals surface area contributed by atoms with E-state index in [2.05, 4.69) is 4.98 Å². The maximum absolute atomic E-state index is 13.3. The smallest absolute Gasteiger partial charge is 0.123 e. The van der Waals surface area contributed by atoms with Gasteiger partial charge in [-0.05, 0) is 37.1 Å². The first kappa shape index (κ1) is 11.8. The standard InChI is InChI=1S/C13H16FN3/c1-3-17-7-12(16-8-17)13(15)10-4-9(2)5-11(14)6-10/h4-8,13H,3,15H2,1-2H3. The minimum atomic E-state index is -0.378. The van der Waals surface area contributed by atoms with Gasteiger partial charge in [0.15, 0.2) is 0 Å². The number of rotatable bonds is 3. The molecule has 2 N–H and O–H groups in total. The molecule has 90 valence electrons. The molecule has 1 aromatic carbocycles. The molecule has 1 unspecified atom stereocenters. The Kier molecular flexibility index (Phi) is 3.24. The van der Waals surface area contributed by atoms with Crippen LogP contribution in [0, 0.1) is 12.7 Å². The molecule has 17 heavy (non-hydrogen) atoms. The van der Waals surface area contributed by atoms with Crippen molar-refractivity contribution < 1.29 is 4.39 Å². The summed E-state index contributed by atoms with van der Waals surface area (Å²) in [6, 6.07) is 4.46. The average molecular weight is 233 g/mol. The molecule has 4 heteroatoms. The molecule has 1 aromatic heterocycles. The molecule has 0 radical (unpaired) electrons. The van der Waals surface area contributed by atoms with Crippen LogP contribution in [-0.4, -0.2) is 9.55 Å². The van der Waals surface area contributed by atoms with E-state index in [1.807, 2.05) is 30.7 Å². The van der Waals surface area contributed by atoms with E-state index in [9.17, 15) is 4.39 Å². The number of aromatic nitrogens is 2. The van der Waals surface area contributed by atoms with Crippen molar-refractivity contribution in [1.82, 2.24) is 9.55 Å². The Labute approximate surface area is 100 Å². The van der Waals surface area contributed by atoms with Crippen molar-refractivity contribution in [2.45, 2.75) is 26.4 Å². The zero-order chi connectivity index (χ0) is 12.4. The van der Waals surface area contributed by atoms with Crippen molar-refractivity contribution in [1.29, 1.82) is 0 Å². The molecule has 3 nitrogen and oxygen atoms in total. The lowest BCUT2D eigenvalue weighted by Crippen LogP contribution is -2.12. The van der Waals surface area contributed by atoms with Gasteiger partial charge < -0.3 is 10.3 Å². The third kappa shape index (κ3) is 2.53. The topological polar surface area (TPSA) is 43.8 Å². The predicted molar refractivity (Wildman–Crippen MR) is 65.1 cm³/mol. The molecule has 0 spiro atoms. The average Bonchev–Trinajstić information content (AvgIpc) is 2.75. The van der Waals surface area contributed by atoms with Crippen LogP contribution in [0.5, 0.6) is 0 Å². The predicted octanol–water partition coefficient (Wildman–Crippen LogP) is 2.40. The third-order valence-electron chi connectivity index (χ3n) is 2.76. The van der Waals surface area contributed by atoms with Crippen molar-refractivity contribution in [3.05, 3.63) is 53.4 Å². The van der Waals surface area contributed by atoms with E-state index < -0.39 is 0 Å². The van der Waals surface area contributed by atoms with Gasteiger partial charge in [-0.3, -0.25) is 0 Å². The number of imidazole rings is 1. The summed E-state index contributed by atoms with van der Waals surface area (Å²) in [4.78, 5) is 4.24. The van der Waals surface area contributed by atoms with Gasteiger partial charge in [0.05, 0.1) is 18.1 Å². The van der Waals surface area contributed by atoms with Gasteiger partial charge in [-0.15, -0.1) is 0 Å². The Morgan fingerprint density at radius 2 is 2.18 bits per heavy atom. The third-order valence-corrected chi connectivity index (χ3v) is 2.76. The molecule has 0 fully saturated rings. The fourth-order valence-corrected chi connectivity index (χ4v) is 1.83. The summed E-state index contributed by atoms with van der Waals surface area (Å²) in [5.74, 6) is -0.259. The van der Waals surface area contributed by atoms with Crippen molar-refractivity contribution in [2.24, 2.45) is 5.73 Å². The molecule has 0 saturated heterocycles. The number of benzene rings is 1. The van der Waals surface area contributed by atoms with Crippen molar-refractivity contribution in [3.8, 4) is 0 Å². The Hall–Kier alpha value is -1.68. The van der Waals surface area contributed by atoms with Crippen molar-refractivity contribution >= 4 is 0 Å². The summed E-state index contributed by atoms with van der Waals surface area (Å²) in [5, 5.41) is 0. The highest BCUT2D eigenvalue weighted by molar-refractivity contribution is 5.30. The van der Waals surface area contributed by atoms with Crippen LogP contribution in [0.25, 0.3) is 0 Å². The van der Waals surface area contributed by atoms with Gasteiger partial charge in [0, 0.05) is 12.7 Å². The van der Waals surface area contributed by atoms with Crippen LogP contribution in [0.1, 0.15) is 29.8 Å². The highest BCUT2D eigenvalue weighted by Crippen LogP contribution is 2.20. The van der Waals surface area contributed by atoms with Gasteiger partial charge in [0.2, 0.25) is 0 Å². The minimum Gasteiger partial charge on any atom is -0.337 e. The fraction of sp³-hybridized carbons (Fsp3) is 0.308. The van der Waals surface area contributed by atoms with Gasteiger partial charge in [-0.1, -0.05) is 6.07 Å². The minimum absolute atomic E-state index is 0.259. The maximum atomic E-state index is 13.3. The molecule has 0 aliphatic carbocycles. The summed E-state index contributed by atoms with van der Waals surface area (Å²) < 4.78 is 15.2. The van der Waals surface area contributed by atoms with Crippen LogP contribution >= 0.6 is 0 Å². The Morgan fingerprint density at radius 1 is 1.41 bits per heavy atom. The molecule has 0 amide bonds. The van der Waals surface area contributed by atoms with Crippen LogP contribution in [0.2, 0.25) is 0 Å². The lowest BCUT2D eigenvalue weighted by molar-refractivity contribution is 0.622. The Morgan fingerprint density at radius 3 is 2.76 bits per heavy atom. The van der Waals surface area contributed by atoms with Crippen molar-refractivity contribution in [3.63, 3.8) is 0 Å². The molecule has 0 saturated carbocycles. The quantitative estimate of drug-likeness (QED) is 0.884. The van der Waals surface area contributed by atoms with Gasteiger partial charge in [-0.25, -0.2) is 9.37 Å². The first-order valence-electron chi connectivity index (χ1n) is 5.64. The van der Waals surface area contributed by atoms with Crippen LogP contribution in [0.3, 0.4) is 0 Å². The van der Waals surface area contributed by atoms with Crippen LogP contribution < -0.4 is 5.73 Å². The summed E-state index contributed by atoms with van der Waals surface area (Å²) in [7, 11) is 0. The SMILES string of the molecule is CCn1cnc(C(N)c2cc(C)cc(F)c2)c1. The molecule has 2 aromatic rings. The number of halogens is 1. The van der Waals surface area contributed by atoms with E-state index in [1.165, 1.54) is 12.1 Å². The molecular weight excluding hydrogens is 217 g/mol. The fourth-order valence-electron chi connectivity index (χ4n) is 1.83. The number of hydrogen-bond acceptors (Lipinski definition) is 2. The Balaban J connectivity index is 2.32. The van der Waals surface area contributed by atoms with Crippen LogP contribution in [0.15, 0.2) is 30.7 Å². The van der Waals surface area contributed by atoms with Crippen LogP contribution in [-0.2, 0) is 6.54 Å². The molecule has 0 bridgehead atoms. The second-order valence-electron chi connectivity index (χ2n) is 4.17. The molecule has 0 aliphatic rings.